The highest BCUT2D eigenvalue weighted by molar-refractivity contribution is 7.99. The lowest BCUT2D eigenvalue weighted by atomic mass is 9.91. The molecule has 0 saturated carbocycles. The fourth-order valence-corrected chi connectivity index (χ4v) is 4.69. The van der Waals surface area contributed by atoms with E-state index in [0.717, 1.165) is 56.1 Å². The molecule has 2 atom stereocenters. The predicted octanol–water partition coefficient (Wildman–Crippen LogP) is 2.40. The molecule has 2 aliphatic rings. The van der Waals surface area contributed by atoms with E-state index in [9.17, 15) is 9.90 Å². The molecule has 24 heavy (non-hydrogen) atoms. The number of rotatable bonds is 4. The molecular formula is C19H28N2O2S. The summed E-state index contributed by atoms with van der Waals surface area (Å²) in [5, 5.41) is 9.78. The maximum absolute atomic E-state index is 13.3. The standard InChI is InChI=1S/C19H28N2O2S/c1-15(22)16-7-9-21(10-8-16)19(23)18(17-5-3-2-4-6-17)20-11-13-24-14-12-20/h2-6,15-16,18,22H,7-14H2,1H3. The van der Waals surface area contributed by atoms with Gasteiger partial charge in [0.05, 0.1) is 6.10 Å². The molecule has 4 nitrogen and oxygen atoms in total. The number of hydrogen-bond acceptors (Lipinski definition) is 4. The third-order valence-electron chi connectivity index (χ3n) is 5.29. The minimum atomic E-state index is -0.272. The SMILES string of the molecule is CC(O)C1CCN(C(=O)C(c2ccccc2)N2CCSCC2)CC1. The Morgan fingerprint density at radius 1 is 1.12 bits per heavy atom. The number of carbonyl (C=O) groups excluding carboxylic acids is 1. The number of amides is 1. The summed E-state index contributed by atoms with van der Waals surface area (Å²) in [6.07, 6.45) is 1.54. The Balaban J connectivity index is 1.74. The molecular weight excluding hydrogens is 320 g/mol. The van der Waals surface area contributed by atoms with Crippen LogP contribution in [0.25, 0.3) is 0 Å². The summed E-state index contributed by atoms with van der Waals surface area (Å²) in [7, 11) is 0. The Morgan fingerprint density at radius 2 is 1.75 bits per heavy atom. The van der Waals surface area contributed by atoms with Crippen LogP contribution in [0.3, 0.4) is 0 Å². The van der Waals surface area contributed by atoms with Gasteiger partial charge in [-0.2, -0.15) is 11.8 Å². The van der Waals surface area contributed by atoms with E-state index in [0.29, 0.717) is 5.92 Å². The zero-order chi connectivity index (χ0) is 16.9. The van der Waals surface area contributed by atoms with Gasteiger partial charge in [0.2, 0.25) is 5.91 Å². The molecule has 0 radical (unpaired) electrons. The number of benzene rings is 1. The Bertz CT molecular complexity index is 523. The molecule has 1 aromatic carbocycles. The molecule has 0 aromatic heterocycles. The molecule has 132 valence electrons. The molecule has 0 aliphatic carbocycles. The van der Waals surface area contributed by atoms with Crippen LogP contribution in [0, 0.1) is 5.92 Å². The van der Waals surface area contributed by atoms with Crippen LogP contribution in [0.5, 0.6) is 0 Å². The molecule has 3 rings (SSSR count). The average molecular weight is 349 g/mol. The molecule has 2 aliphatic heterocycles. The minimum Gasteiger partial charge on any atom is -0.393 e. The first-order chi connectivity index (χ1) is 11.7. The summed E-state index contributed by atoms with van der Waals surface area (Å²) in [5.41, 5.74) is 1.10. The average Bonchev–Trinajstić information content (AvgIpc) is 2.64. The molecule has 0 bridgehead atoms. The van der Waals surface area contributed by atoms with E-state index in [-0.39, 0.29) is 18.1 Å². The lowest BCUT2D eigenvalue weighted by molar-refractivity contribution is -0.139. The third-order valence-corrected chi connectivity index (χ3v) is 6.24. The first-order valence-corrected chi connectivity index (χ1v) is 10.2. The first-order valence-electron chi connectivity index (χ1n) is 9.00. The Kier molecular flexibility index (Phi) is 6.19. The van der Waals surface area contributed by atoms with E-state index in [2.05, 4.69) is 17.0 Å². The summed E-state index contributed by atoms with van der Waals surface area (Å²) < 4.78 is 0. The van der Waals surface area contributed by atoms with Crippen molar-refractivity contribution in [3.63, 3.8) is 0 Å². The molecule has 0 spiro atoms. The van der Waals surface area contributed by atoms with Crippen LogP contribution >= 0.6 is 11.8 Å². The van der Waals surface area contributed by atoms with E-state index in [1.165, 1.54) is 0 Å². The molecule has 5 heteroatoms. The summed E-state index contributed by atoms with van der Waals surface area (Å²) in [4.78, 5) is 17.6. The number of thioether (sulfide) groups is 1. The van der Waals surface area contributed by atoms with Gasteiger partial charge in [-0.05, 0) is 31.2 Å². The highest BCUT2D eigenvalue weighted by atomic mass is 32.2. The first kappa shape index (κ1) is 17.8. The van der Waals surface area contributed by atoms with Crippen molar-refractivity contribution in [3.8, 4) is 0 Å². The lowest BCUT2D eigenvalue weighted by Crippen LogP contribution is -2.48. The van der Waals surface area contributed by atoms with Crippen LogP contribution in [-0.2, 0) is 4.79 Å². The normalized spacial score (nSPS) is 23.0. The summed E-state index contributed by atoms with van der Waals surface area (Å²) in [6, 6.07) is 10.0. The lowest BCUT2D eigenvalue weighted by Gasteiger charge is -2.39. The van der Waals surface area contributed by atoms with Gasteiger partial charge in [-0.3, -0.25) is 9.69 Å². The van der Waals surface area contributed by atoms with Gasteiger partial charge in [0.25, 0.3) is 0 Å². The highest BCUT2D eigenvalue weighted by Crippen LogP contribution is 2.29. The van der Waals surface area contributed by atoms with Crippen LogP contribution in [0.2, 0.25) is 0 Å². The van der Waals surface area contributed by atoms with Crippen molar-refractivity contribution in [2.24, 2.45) is 5.92 Å². The van der Waals surface area contributed by atoms with Crippen molar-refractivity contribution in [2.45, 2.75) is 31.9 Å². The van der Waals surface area contributed by atoms with Crippen LogP contribution in [0.15, 0.2) is 30.3 Å². The largest absolute Gasteiger partial charge is 0.393 e. The second-order valence-corrected chi connectivity index (χ2v) is 8.09. The monoisotopic (exact) mass is 348 g/mol. The number of aliphatic hydroxyl groups is 1. The van der Waals surface area contributed by atoms with Crippen molar-refractivity contribution in [3.05, 3.63) is 35.9 Å². The molecule has 2 heterocycles. The van der Waals surface area contributed by atoms with Crippen molar-refractivity contribution in [1.29, 1.82) is 0 Å². The molecule has 1 aromatic rings. The summed E-state index contributed by atoms with van der Waals surface area (Å²) >= 11 is 1.97. The highest BCUT2D eigenvalue weighted by Gasteiger charge is 2.34. The van der Waals surface area contributed by atoms with Crippen LogP contribution < -0.4 is 0 Å². The number of piperidine rings is 1. The predicted molar refractivity (Wildman–Crippen MR) is 99.1 cm³/mol. The van der Waals surface area contributed by atoms with Crippen LogP contribution in [-0.4, -0.2) is 64.6 Å². The van der Waals surface area contributed by atoms with Gasteiger partial charge >= 0.3 is 0 Å². The smallest absolute Gasteiger partial charge is 0.244 e. The van der Waals surface area contributed by atoms with Gasteiger partial charge < -0.3 is 10.0 Å². The van der Waals surface area contributed by atoms with Crippen molar-refractivity contribution in [2.75, 3.05) is 37.7 Å². The van der Waals surface area contributed by atoms with E-state index in [1.54, 1.807) is 0 Å². The van der Waals surface area contributed by atoms with Crippen LogP contribution in [0.4, 0.5) is 0 Å². The number of nitrogens with zero attached hydrogens (tertiary/aromatic N) is 2. The van der Waals surface area contributed by atoms with Crippen molar-refractivity contribution in [1.82, 2.24) is 9.80 Å². The van der Waals surface area contributed by atoms with E-state index < -0.39 is 0 Å². The number of likely N-dealkylation sites (tertiary alicyclic amines) is 1. The van der Waals surface area contributed by atoms with Gasteiger partial charge in [-0.1, -0.05) is 30.3 Å². The Labute approximate surface area is 149 Å². The number of hydrogen-bond donors (Lipinski definition) is 1. The van der Waals surface area contributed by atoms with E-state index >= 15 is 0 Å². The van der Waals surface area contributed by atoms with Gasteiger partial charge in [-0.15, -0.1) is 0 Å². The molecule has 2 unspecified atom stereocenters. The minimum absolute atomic E-state index is 0.157. The fourth-order valence-electron chi connectivity index (χ4n) is 3.76. The van der Waals surface area contributed by atoms with Gasteiger partial charge in [0.15, 0.2) is 0 Å². The van der Waals surface area contributed by atoms with Crippen LogP contribution in [0.1, 0.15) is 31.4 Å². The fraction of sp³-hybridized carbons (Fsp3) is 0.632. The third kappa shape index (κ3) is 4.13. The summed E-state index contributed by atoms with van der Waals surface area (Å²) in [5.74, 6) is 2.76. The molecule has 2 saturated heterocycles. The second kappa shape index (κ2) is 8.37. The molecule has 2 fully saturated rings. The summed E-state index contributed by atoms with van der Waals surface area (Å²) in [6.45, 7) is 5.33. The number of carbonyl (C=O) groups is 1. The topological polar surface area (TPSA) is 43.8 Å². The maximum Gasteiger partial charge on any atom is 0.244 e. The quantitative estimate of drug-likeness (QED) is 0.907. The zero-order valence-corrected chi connectivity index (χ0v) is 15.3. The van der Waals surface area contributed by atoms with Crippen molar-refractivity contribution >= 4 is 17.7 Å². The Hall–Kier alpha value is -1.04. The number of aliphatic hydroxyl groups excluding tert-OH is 1. The molecule has 1 amide bonds. The maximum atomic E-state index is 13.3. The van der Waals surface area contributed by atoms with Gasteiger partial charge in [-0.25, -0.2) is 0 Å². The van der Waals surface area contributed by atoms with Crippen molar-refractivity contribution < 1.29 is 9.90 Å². The van der Waals surface area contributed by atoms with Gasteiger partial charge in [0.1, 0.15) is 6.04 Å². The van der Waals surface area contributed by atoms with E-state index in [4.69, 9.17) is 0 Å². The molecule has 1 N–H and O–H groups in total. The van der Waals surface area contributed by atoms with E-state index in [1.807, 2.05) is 41.8 Å². The van der Waals surface area contributed by atoms with Gasteiger partial charge in [0, 0.05) is 37.7 Å². The Morgan fingerprint density at radius 3 is 2.33 bits per heavy atom. The zero-order valence-electron chi connectivity index (χ0n) is 14.4. The second-order valence-electron chi connectivity index (χ2n) is 6.86.